The maximum Gasteiger partial charge on any atom is 0.151 e. The Hall–Kier alpha value is -1.28. The molecule has 2 aromatic rings. The Bertz CT molecular complexity index is 487. The van der Waals surface area contributed by atoms with Crippen LogP contribution < -0.4 is 0 Å². The third kappa shape index (κ3) is 1.32. The van der Waals surface area contributed by atoms with Crippen molar-refractivity contribution in [1.29, 1.82) is 0 Å². The topological polar surface area (TPSA) is 15.8 Å². The molecule has 72 valence electrons. The largest absolute Gasteiger partial charge is 0.361 e. The highest BCUT2D eigenvalue weighted by molar-refractivity contribution is 6.31. The van der Waals surface area contributed by atoms with Crippen LogP contribution in [-0.2, 0) is 6.42 Å². The fourth-order valence-electron chi connectivity index (χ4n) is 1.54. The molecule has 0 saturated carbocycles. The number of benzene rings is 1. The number of H-pyrrole nitrogens is 1. The molecule has 1 nitrogen and oxygen atoms in total. The Balaban J connectivity index is 2.75. The zero-order valence-electron chi connectivity index (χ0n) is 7.48. The maximum absolute atomic E-state index is 13.6. The predicted octanol–water partition coefficient (Wildman–Crippen LogP) is 3.69. The molecule has 0 aliphatic rings. The predicted molar refractivity (Wildman–Crippen MR) is 57.2 cm³/mol. The molecule has 0 atom stereocenters. The van der Waals surface area contributed by atoms with Crippen molar-refractivity contribution in [2.45, 2.75) is 6.42 Å². The lowest BCUT2D eigenvalue weighted by Gasteiger charge is -1.98. The second kappa shape index (κ2) is 3.46. The highest BCUT2D eigenvalue weighted by Gasteiger charge is 2.10. The van der Waals surface area contributed by atoms with E-state index in [4.69, 9.17) is 11.6 Å². The molecule has 0 fully saturated rings. The molecule has 1 N–H and O–H groups in total. The molecule has 3 heteroatoms. The van der Waals surface area contributed by atoms with E-state index in [-0.39, 0.29) is 10.8 Å². The standard InChI is InChI=1S/C11H9ClFN/c1-2-3-7-6-14-9-5-4-8(12)11(13)10(7)9/h2,4-6,14H,1,3H2. The molecule has 0 saturated heterocycles. The smallest absolute Gasteiger partial charge is 0.151 e. The van der Waals surface area contributed by atoms with Crippen LogP contribution >= 0.6 is 11.6 Å². The molecular weight excluding hydrogens is 201 g/mol. The van der Waals surface area contributed by atoms with Crippen molar-refractivity contribution in [2.75, 3.05) is 0 Å². The number of nitrogens with one attached hydrogen (secondary N) is 1. The summed E-state index contributed by atoms with van der Waals surface area (Å²) in [5.41, 5.74) is 1.65. The van der Waals surface area contributed by atoms with Gasteiger partial charge in [0.25, 0.3) is 0 Å². The molecule has 1 aromatic carbocycles. The number of fused-ring (bicyclic) bond motifs is 1. The van der Waals surface area contributed by atoms with Crippen molar-refractivity contribution in [3.05, 3.63) is 47.4 Å². The molecule has 2 rings (SSSR count). The summed E-state index contributed by atoms with van der Waals surface area (Å²) < 4.78 is 13.6. The second-order valence-electron chi connectivity index (χ2n) is 3.09. The number of aromatic nitrogens is 1. The number of allylic oxidation sites excluding steroid dienone is 1. The molecule has 0 radical (unpaired) electrons. The first-order valence-corrected chi connectivity index (χ1v) is 4.66. The number of aromatic amines is 1. The highest BCUT2D eigenvalue weighted by Crippen LogP contribution is 2.27. The summed E-state index contributed by atoms with van der Waals surface area (Å²) in [5, 5.41) is 0.722. The fourth-order valence-corrected chi connectivity index (χ4v) is 1.70. The average Bonchev–Trinajstić information content (AvgIpc) is 2.57. The highest BCUT2D eigenvalue weighted by atomic mass is 35.5. The summed E-state index contributed by atoms with van der Waals surface area (Å²) in [7, 11) is 0. The monoisotopic (exact) mass is 209 g/mol. The Morgan fingerprint density at radius 3 is 3.00 bits per heavy atom. The minimum atomic E-state index is -0.359. The van der Waals surface area contributed by atoms with E-state index in [0.29, 0.717) is 11.8 Å². The summed E-state index contributed by atoms with van der Waals surface area (Å²) in [6, 6.07) is 3.32. The van der Waals surface area contributed by atoms with Crippen LogP contribution in [0.4, 0.5) is 4.39 Å². The van der Waals surface area contributed by atoms with Crippen LogP contribution in [0.15, 0.2) is 31.0 Å². The van der Waals surface area contributed by atoms with Crippen LogP contribution in [0.2, 0.25) is 5.02 Å². The van der Waals surface area contributed by atoms with E-state index in [0.717, 1.165) is 11.1 Å². The van der Waals surface area contributed by atoms with E-state index in [2.05, 4.69) is 11.6 Å². The minimum Gasteiger partial charge on any atom is -0.361 e. The lowest BCUT2D eigenvalue weighted by Crippen LogP contribution is -1.83. The molecule has 0 spiro atoms. The normalized spacial score (nSPS) is 10.7. The van der Waals surface area contributed by atoms with Gasteiger partial charge >= 0.3 is 0 Å². The van der Waals surface area contributed by atoms with Gasteiger partial charge in [-0.25, -0.2) is 4.39 Å². The van der Waals surface area contributed by atoms with Gasteiger partial charge in [-0.1, -0.05) is 17.7 Å². The van der Waals surface area contributed by atoms with E-state index >= 15 is 0 Å². The van der Waals surface area contributed by atoms with Gasteiger partial charge in [0, 0.05) is 17.1 Å². The SMILES string of the molecule is C=CCc1c[nH]c2ccc(Cl)c(F)c12. The quantitative estimate of drug-likeness (QED) is 0.727. The second-order valence-corrected chi connectivity index (χ2v) is 3.50. The molecular formula is C11H9ClFN. The molecule has 0 bridgehead atoms. The molecule has 1 aromatic heterocycles. The van der Waals surface area contributed by atoms with Crippen LogP contribution in [0.1, 0.15) is 5.56 Å². The van der Waals surface area contributed by atoms with Crippen molar-refractivity contribution < 1.29 is 4.39 Å². The van der Waals surface area contributed by atoms with Gasteiger partial charge in [0.2, 0.25) is 0 Å². The first-order valence-electron chi connectivity index (χ1n) is 4.29. The van der Waals surface area contributed by atoms with Crippen LogP contribution in [-0.4, -0.2) is 4.98 Å². The Labute approximate surface area is 86.2 Å². The van der Waals surface area contributed by atoms with Gasteiger partial charge in [0.15, 0.2) is 5.82 Å². The lowest BCUT2D eigenvalue weighted by molar-refractivity contribution is 0.639. The molecule has 0 aliphatic heterocycles. The van der Waals surface area contributed by atoms with Gasteiger partial charge in [-0.15, -0.1) is 6.58 Å². The van der Waals surface area contributed by atoms with Gasteiger partial charge in [0.05, 0.1) is 5.02 Å². The first-order chi connectivity index (χ1) is 6.74. The van der Waals surface area contributed by atoms with Gasteiger partial charge in [-0.2, -0.15) is 0 Å². The summed E-state index contributed by atoms with van der Waals surface area (Å²) in [6.07, 6.45) is 4.16. The van der Waals surface area contributed by atoms with E-state index in [1.54, 1.807) is 24.4 Å². The van der Waals surface area contributed by atoms with Gasteiger partial charge in [-0.05, 0) is 24.1 Å². The fraction of sp³-hybridized carbons (Fsp3) is 0.0909. The molecule has 14 heavy (non-hydrogen) atoms. The number of halogens is 2. The Kier molecular flexibility index (Phi) is 2.30. The van der Waals surface area contributed by atoms with Crippen molar-refractivity contribution in [1.82, 2.24) is 4.98 Å². The summed E-state index contributed by atoms with van der Waals surface area (Å²) in [4.78, 5) is 2.99. The number of hydrogen-bond donors (Lipinski definition) is 1. The Morgan fingerprint density at radius 1 is 1.50 bits per heavy atom. The van der Waals surface area contributed by atoms with Gasteiger partial charge < -0.3 is 4.98 Å². The molecule has 1 heterocycles. The van der Waals surface area contributed by atoms with Crippen molar-refractivity contribution in [3.63, 3.8) is 0 Å². The average molecular weight is 210 g/mol. The van der Waals surface area contributed by atoms with Crippen molar-refractivity contribution in [2.24, 2.45) is 0 Å². The maximum atomic E-state index is 13.6. The minimum absolute atomic E-state index is 0.155. The third-order valence-electron chi connectivity index (χ3n) is 2.18. The summed E-state index contributed by atoms with van der Waals surface area (Å²) in [5.74, 6) is -0.359. The van der Waals surface area contributed by atoms with Crippen LogP contribution in [0.3, 0.4) is 0 Å². The first kappa shape index (κ1) is 9.28. The zero-order valence-corrected chi connectivity index (χ0v) is 8.24. The van der Waals surface area contributed by atoms with E-state index in [9.17, 15) is 4.39 Å². The molecule has 0 aliphatic carbocycles. The third-order valence-corrected chi connectivity index (χ3v) is 2.47. The number of rotatable bonds is 2. The molecule has 0 unspecified atom stereocenters. The van der Waals surface area contributed by atoms with Crippen molar-refractivity contribution >= 4 is 22.5 Å². The van der Waals surface area contributed by atoms with Crippen LogP contribution in [0.25, 0.3) is 10.9 Å². The van der Waals surface area contributed by atoms with Crippen molar-refractivity contribution in [3.8, 4) is 0 Å². The summed E-state index contributed by atoms with van der Waals surface area (Å²) >= 11 is 5.70. The van der Waals surface area contributed by atoms with Crippen LogP contribution in [0.5, 0.6) is 0 Å². The zero-order chi connectivity index (χ0) is 10.1. The lowest BCUT2D eigenvalue weighted by atomic mass is 10.1. The van der Waals surface area contributed by atoms with E-state index in [1.165, 1.54) is 0 Å². The van der Waals surface area contributed by atoms with E-state index < -0.39 is 0 Å². The van der Waals surface area contributed by atoms with Gasteiger partial charge in [0.1, 0.15) is 0 Å². The van der Waals surface area contributed by atoms with Crippen LogP contribution in [0, 0.1) is 5.82 Å². The van der Waals surface area contributed by atoms with E-state index in [1.807, 2.05) is 0 Å². The Morgan fingerprint density at radius 2 is 2.29 bits per heavy atom. The summed E-state index contributed by atoms with van der Waals surface area (Å²) in [6.45, 7) is 3.63. The van der Waals surface area contributed by atoms with Gasteiger partial charge in [-0.3, -0.25) is 0 Å². The number of hydrogen-bond acceptors (Lipinski definition) is 0. The molecule has 0 amide bonds.